The van der Waals surface area contributed by atoms with Gasteiger partial charge in [-0.05, 0) is 60.7 Å². The van der Waals surface area contributed by atoms with Crippen LogP contribution in [-0.2, 0) is 22.5 Å². The first kappa shape index (κ1) is 25.9. The van der Waals surface area contributed by atoms with E-state index in [1.807, 2.05) is 54.6 Å². The molecule has 5 rings (SSSR count). The van der Waals surface area contributed by atoms with E-state index in [9.17, 15) is 14.9 Å². The van der Waals surface area contributed by atoms with Crippen molar-refractivity contribution in [2.24, 2.45) is 0 Å². The van der Waals surface area contributed by atoms with Crippen LogP contribution in [0.2, 0.25) is 0 Å². The van der Waals surface area contributed by atoms with Crippen LogP contribution in [0.3, 0.4) is 0 Å². The molecule has 0 spiro atoms. The summed E-state index contributed by atoms with van der Waals surface area (Å²) in [5, 5.41) is 10.5. The molecule has 9 heteroatoms. The number of anilines is 1. The molecule has 4 aromatic rings. The minimum Gasteiger partial charge on any atom is -0.497 e. The van der Waals surface area contributed by atoms with Crippen molar-refractivity contribution in [3.8, 4) is 11.8 Å². The molecular weight excluding hydrogens is 514 g/mol. The van der Waals surface area contributed by atoms with Crippen molar-refractivity contribution >= 4 is 50.8 Å². The van der Waals surface area contributed by atoms with E-state index < -0.39 is 11.9 Å². The lowest BCUT2D eigenvalue weighted by Gasteiger charge is -2.13. The Morgan fingerprint density at radius 3 is 2.59 bits per heavy atom. The zero-order chi connectivity index (χ0) is 27.5. The zero-order valence-corrected chi connectivity index (χ0v) is 22.3. The largest absolute Gasteiger partial charge is 0.497 e. The Kier molecular flexibility index (Phi) is 7.30. The molecule has 39 heavy (non-hydrogen) atoms. The average molecular weight is 540 g/mol. The van der Waals surface area contributed by atoms with Crippen molar-refractivity contribution in [3.63, 3.8) is 0 Å². The summed E-state index contributed by atoms with van der Waals surface area (Å²) < 4.78 is 16.1. The normalized spacial score (nSPS) is 13.2. The summed E-state index contributed by atoms with van der Waals surface area (Å²) in [5.41, 5.74) is 11.1. The van der Waals surface area contributed by atoms with Crippen molar-refractivity contribution in [1.82, 2.24) is 4.98 Å². The lowest BCUT2D eigenvalue weighted by atomic mass is 10.0. The molecule has 1 aliphatic rings. The summed E-state index contributed by atoms with van der Waals surface area (Å²) in [6.07, 6.45) is 3.42. The lowest BCUT2D eigenvalue weighted by molar-refractivity contribution is 0.0453. The van der Waals surface area contributed by atoms with Gasteiger partial charge in [-0.2, -0.15) is 5.26 Å². The number of benzene rings is 2. The number of nitrogen functional groups attached to an aromatic ring is 1. The van der Waals surface area contributed by atoms with Gasteiger partial charge in [0, 0.05) is 10.9 Å². The fraction of sp³-hybridized carbons (Fsp3) is 0.200. The number of hydrogen-bond donors (Lipinski definition) is 1. The number of rotatable bonds is 7. The number of carbonyl (C=O) groups excluding carboxylic acids is 2. The summed E-state index contributed by atoms with van der Waals surface area (Å²) in [6, 6.07) is 17.2. The highest BCUT2D eigenvalue weighted by Crippen LogP contribution is 2.38. The van der Waals surface area contributed by atoms with E-state index >= 15 is 0 Å². The van der Waals surface area contributed by atoms with Gasteiger partial charge in [-0.3, -0.25) is 0 Å². The molecule has 2 aromatic carbocycles. The Balaban J connectivity index is 1.52. The van der Waals surface area contributed by atoms with Crippen molar-refractivity contribution < 1.29 is 23.8 Å². The van der Waals surface area contributed by atoms with Crippen molar-refractivity contribution in [2.45, 2.75) is 26.4 Å². The predicted octanol–water partition coefficient (Wildman–Crippen LogP) is 5.78. The zero-order valence-electron chi connectivity index (χ0n) is 21.4. The molecule has 0 bridgehead atoms. The van der Waals surface area contributed by atoms with E-state index in [1.54, 1.807) is 14.0 Å². The van der Waals surface area contributed by atoms with Gasteiger partial charge in [-0.15, -0.1) is 11.3 Å². The number of nitrogens with two attached hydrogens (primary N) is 1. The monoisotopic (exact) mass is 539 g/mol. The molecule has 0 aliphatic heterocycles. The Labute approximate surface area is 229 Å². The molecule has 2 heterocycles. The number of pyridine rings is 1. The molecule has 0 radical (unpaired) electrons. The Morgan fingerprint density at radius 1 is 1.10 bits per heavy atom. The summed E-state index contributed by atoms with van der Waals surface area (Å²) in [5.74, 6) is -0.388. The Morgan fingerprint density at radius 2 is 1.87 bits per heavy atom. The predicted molar refractivity (Wildman–Crippen MR) is 149 cm³/mol. The maximum atomic E-state index is 13.6. The summed E-state index contributed by atoms with van der Waals surface area (Å²) in [4.78, 5) is 31.2. The van der Waals surface area contributed by atoms with Gasteiger partial charge < -0.3 is 19.9 Å². The van der Waals surface area contributed by atoms with Crippen molar-refractivity contribution in [2.75, 3.05) is 19.5 Å². The van der Waals surface area contributed by atoms with Crippen LogP contribution < -0.4 is 10.5 Å². The van der Waals surface area contributed by atoms with E-state index in [1.165, 1.54) is 0 Å². The maximum Gasteiger partial charge on any atom is 0.348 e. The minimum atomic E-state index is -0.606. The van der Waals surface area contributed by atoms with Gasteiger partial charge in [0.1, 0.15) is 28.3 Å². The quantitative estimate of drug-likeness (QED) is 0.293. The van der Waals surface area contributed by atoms with Gasteiger partial charge in [0.2, 0.25) is 0 Å². The molecule has 2 aromatic heterocycles. The Bertz CT molecular complexity index is 1660. The first-order valence-electron chi connectivity index (χ1n) is 12.4. The molecule has 0 saturated carbocycles. The molecule has 2 N–H and O–H groups in total. The second-order valence-electron chi connectivity index (χ2n) is 8.83. The van der Waals surface area contributed by atoms with Crippen LogP contribution in [0.15, 0.2) is 48.5 Å². The SMILES string of the molecule is CCOC(=O)c1sc(N)c(C#N)c1COC(=O)c1c2c(nc3ccccc13)C(=Cc1ccc(OC)cc1)CC2. The van der Waals surface area contributed by atoms with Crippen molar-refractivity contribution in [1.29, 1.82) is 5.26 Å². The van der Waals surface area contributed by atoms with E-state index in [0.29, 0.717) is 22.9 Å². The van der Waals surface area contributed by atoms with Crippen LogP contribution in [0.4, 0.5) is 5.00 Å². The molecule has 196 valence electrons. The number of fused-ring (bicyclic) bond motifs is 2. The highest BCUT2D eigenvalue weighted by Gasteiger charge is 2.29. The topological polar surface area (TPSA) is 125 Å². The number of para-hydroxylation sites is 1. The summed E-state index contributed by atoms with van der Waals surface area (Å²) in [6.45, 7) is 1.56. The third-order valence-corrected chi connectivity index (χ3v) is 7.60. The third-order valence-electron chi connectivity index (χ3n) is 6.56. The van der Waals surface area contributed by atoms with E-state index in [4.69, 9.17) is 24.9 Å². The van der Waals surface area contributed by atoms with Gasteiger partial charge in [0.25, 0.3) is 0 Å². The van der Waals surface area contributed by atoms with Gasteiger partial charge in [0.05, 0.1) is 36.1 Å². The fourth-order valence-corrected chi connectivity index (χ4v) is 5.65. The number of methoxy groups -OCH3 is 1. The van der Waals surface area contributed by atoms with Crippen LogP contribution >= 0.6 is 11.3 Å². The number of ether oxygens (including phenoxy) is 3. The van der Waals surface area contributed by atoms with Crippen LogP contribution in [0, 0.1) is 11.3 Å². The molecule has 0 saturated heterocycles. The number of allylic oxidation sites excluding steroid dienone is 1. The van der Waals surface area contributed by atoms with Gasteiger partial charge in [-0.1, -0.05) is 30.3 Å². The molecule has 0 unspecified atom stereocenters. The molecule has 1 aliphatic carbocycles. The lowest BCUT2D eigenvalue weighted by Crippen LogP contribution is -2.12. The molecular formula is C30H25N3O5S. The Hall–Kier alpha value is -4.68. The highest BCUT2D eigenvalue weighted by molar-refractivity contribution is 7.18. The van der Waals surface area contributed by atoms with E-state index in [2.05, 4.69) is 6.08 Å². The summed E-state index contributed by atoms with van der Waals surface area (Å²) >= 11 is 0.951. The molecule has 0 atom stereocenters. The summed E-state index contributed by atoms with van der Waals surface area (Å²) in [7, 11) is 1.63. The standard InChI is InChI=1S/C30H25N3O5S/c1-3-37-30(35)27-23(22(15-31)28(32)39-27)16-38-29(34)25-20-6-4-5-7-24(20)33-26-18(10-13-21(25)26)14-17-8-11-19(36-2)12-9-17/h4-9,11-12,14H,3,10,13,16,32H2,1-2H3. The van der Waals surface area contributed by atoms with Crippen LogP contribution in [0.5, 0.6) is 5.75 Å². The first-order valence-corrected chi connectivity index (χ1v) is 13.2. The number of aromatic nitrogens is 1. The van der Waals surface area contributed by atoms with Gasteiger partial charge in [0.15, 0.2) is 0 Å². The maximum absolute atomic E-state index is 13.6. The molecule has 0 amide bonds. The van der Waals surface area contributed by atoms with Crippen LogP contribution in [0.1, 0.15) is 61.3 Å². The van der Waals surface area contributed by atoms with E-state index in [-0.39, 0.29) is 34.2 Å². The number of esters is 2. The van der Waals surface area contributed by atoms with Crippen LogP contribution in [0.25, 0.3) is 22.6 Å². The number of thiophene rings is 1. The molecule has 8 nitrogen and oxygen atoms in total. The average Bonchev–Trinajstić information content (AvgIpc) is 3.50. The second kappa shape index (κ2) is 11.0. The highest BCUT2D eigenvalue weighted by atomic mass is 32.1. The minimum absolute atomic E-state index is 0.116. The third kappa shape index (κ3) is 4.94. The molecule has 0 fully saturated rings. The number of nitriles is 1. The van der Waals surface area contributed by atoms with Gasteiger partial charge >= 0.3 is 11.9 Å². The van der Waals surface area contributed by atoms with Crippen molar-refractivity contribution in [3.05, 3.63) is 86.9 Å². The number of hydrogen-bond acceptors (Lipinski definition) is 9. The van der Waals surface area contributed by atoms with Crippen LogP contribution in [-0.4, -0.2) is 30.6 Å². The van der Waals surface area contributed by atoms with Gasteiger partial charge in [-0.25, -0.2) is 14.6 Å². The smallest absolute Gasteiger partial charge is 0.348 e. The number of carbonyl (C=O) groups is 2. The first-order chi connectivity index (χ1) is 18.9. The van der Waals surface area contributed by atoms with E-state index in [0.717, 1.165) is 45.9 Å². The number of nitrogens with zero attached hydrogens (tertiary/aromatic N) is 2. The second-order valence-corrected chi connectivity index (χ2v) is 9.88. The fourth-order valence-electron chi connectivity index (χ4n) is 4.73.